The molecule has 11 aromatic rings. The molecule has 2 heteroatoms. The van der Waals surface area contributed by atoms with Crippen molar-refractivity contribution in [3.63, 3.8) is 0 Å². The SMILES string of the molecule is c1ccc(N(c2ccc(-c3ccccc3-n3c4ccccc4c4ccccc43)cc2)c2ccc(-c3cc4c5ccccc5ccc4c4ccccc34)cc2)cc1. The van der Waals surface area contributed by atoms with Gasteiger partial charge in [-0.3, -0.25) is 0 Å². The maximum Gasteiger partial charge on any atom is 0.0541 e. The van der Waals surface area contributed by atoms with Gasteiger partial charge in [0.2, 0.25) is 0 Å². The van der Waals surface area contributed by atoms with Crippen LogP contribution in [0.25, 0.3) is 82.1 Å². The van der Waals surface area contributed by atoms with Crippen molar-refractivity contribution in [2.45, 2.75) is 0 Å². The number of aromatic nitrogens is 1. The van der Waals surface area contributed by atoms with Gasteiger partial charge in [-0.25, -0.2) is 0 Å². The Morgan fingerprint density at radius 3 is 1.45 bits per heavy atom. The molecule has 0 aliphatic heterocycles. The second-order valence-electron chi connectivity index (χ2n) is 14.5. The summed E-state index contributed by atoms with van der Waals surface area (Å²) in [7, 11) is 0. The fourth-order valence-corrected chi connectivity index (χ4v) is 8.80. The van der Waals surface area contributed by atoms with Crippen LogP contribution in [0.4, 0.5) is 17.1 Å². The molecule has 262 valence electrons. The van der Waals surface area contributed by atoms with Crippen molar-refractivity contribution in [3.8, 4) is 27.9 Å². The van der Waals surface area contributed by atoms with Crippen LogP contribution in [0.3, 0.4) is 0 Å². The minimum atomic E-state index is 1.10. The average Bonchev–Trinajstić information content (AvgIpc) is 3.61. The number of fused-ring (bicyclic) bond motifs is 8. The van der Waals surface area contributed by atoms with Crippen molar-refractivity contribution >= 4 is 71.2 Å². The van der Waals surface area contributed by atoms with Crippen LogP contribution in [0.2, 0.25) is 0 Å². The van der Waals surface area contributed by atoms with Crippen LogP contribution < -0.4 is 4.90 Å². The van der Waals surface area contributed by atoms with E-state index >= 15 is 0 Å². The molecular formula is C54H36N2. The first-order valence-electron chi connectivity index (χ1n) is 19.3. The van der Waals surface area contributed by atoms with Gasteiger partial charge in [-0.05, 0) is 110 Å². The Bertz CT molecular complexity index is 3180. The minimum Gasteiger partial charge on any atom is -0.311 e. The second kappa shape index (κ2) is 13.2. The van der Waals surface area contributed by atoms with Gasteiger partial charge in [0.05, 0.1) is 16.7 Å². The van der Waals surface area contributed by atoms with E-state index in [1.807, 2.05) is 0 Å². The predicted molar refractivity (Wildman–Crippen MR) is 239 cm³/mol. The zero-order valence-corrected chi connectivity index (χ0v) is 30.7. The van der Waals surface area contributed by atoms with Crippen LogP contribution in [0.5, 0.6) is 0 Å². The van der Waals surface area contributed by atoms with E-state index in [0.717, 1.165) is 17.1 Å². The molecule has 0 N–H and O–H groups in total. The van der Waals surface area contributed by atoms with Crippen LogP contribution in [-0.2, 0) is 0 Å². The van der Waals surface area contributed by atoms with Gasteiger partial charge in [0, 0.05) is 33.4 Å². The summed E-state index contributed by atoms with van der Waals surface area (Å²) in [6.07, 6.45) is 0. The Morgan fingerprint density at radius 2 is 0.768 bits per heavy atom. The first-order valence-corrected chi connectivity index (χ1v) is 19.3. The smallest absolute Gasteiger partial charge is 0.0541 e. The Balaban J connectivity index is 1.00. The third-order valence-corrected chi connectivity index (χ3v) is 11.4. The lowest BCUT2D eigenvalue weighted by Crippen LogP contribution is -2.09. The molecule has 0 atom stereocenters. The summed E-state index contributed by atoms with van der Waals surface area (Å²) in [5, 5.41) is 10.2. The molecule has 0 spiro atoms. The zero-order valence-electron chi connectivity index (χ0n) is 30.7. The van der Waals surface area contributed by atoms with Crippen LogP contribution in [0, 0.1) is 0 Å². The summed E-state index contributed by atoms with van der Waals surface area (Å²) in [6, 6.07) is 79.3. The summed E-state index contributed by atoms with van der Waals surface area (Å²) in [4.78, 5) is 2.35. The standard InChI is InChI=1S/C54H36N2/c1-2-15-40(16-3-1)55(42-33-28-39(29-34-42)50-36-51-43-17-5-4-14-37(43)30-35-47(51)45-19-6-7-20-46(45)50)41-31-26-38(27-32-41)44-18-8-11-23-52(44)56-53-24-12-9-21-48(53)49-22-10-13-25-54(49)56/h1-36H. The number of benzene rings is 10. The highest BCUT2D eigenvalue weighted by molar-refractivity contribution is 6.21. The summed E-state index contributed by atoms with van der Waals surface area (Å²) in [5.74, 6) is 0. The molecule has 0 unspecified atom stereocenters. The molecule has 10 aromatic carbocycles. The molecule has 0 radical (unpaired) electrons. The molecule has 0 bridgehead atoms. The molecule has 0 fully saturated rings. The first-order chi connectivity index (χ1) is 27.8. The Hall–Kier alpha value is -7.42. The molecule has 2 nitrogen and oxygen atoms in total. The molecule has 1 heterocycles. The van der Waals surface area contributed by atoms with Crippen LogP contribution in [-0.4, -0.2) is 4.57 Å². The maximum absolute atomic E-state index is 2.41. The quantitative estimate of drug-likeness (QED) is 0.156. The molecule has 11 rings (SSSR count). The lowest BCUT2D eigenvalue weighted by atomic mass is 9.91. The van der Waals surface area contributed by atoms with Gasteiger partial charge in [0.1, 0.15) is 0 Å². The van der Waals surface area contributed by atoms with E-state index in [9.17, 15) is 0 Å². The van der Waals surface area contributed by atoms with E-state index in [0.29, 0.717) is 0 Å². The topological polar surface area (TPSA) is 8.17 Å². The third kappa shape index (κ3) is 5.19. The van der Waals surface area contributed by atoms with E-state index in [-0.39, 0.29) is 0 Å². The first kappa shape index (κ1) is 32.0. The monoisotopic (exact) mass is 712 g/mol. The van der Waals surface area contributed by atoms with E-state index < -0.39 is 0 Å². The Labute approximate surface area is 325 Å². The van der Waals surface area contributed by atoms with Crippen molar-refractivity contribution in [1.82, 2.24) is 4.57 Å². The fraction of sp³-hybridized carbons (Fsp3) is 0. The van der Waals surface area contributed by atoms with Crippen molar-refractivity contribution in [1.29, 1.82) is 0 Å². The largest absolute Gasteiger partial charge is 0.311 e. The fourth-order valence-electron chi connectivity index (χ4n) is 8.80. The van der Waals surface area contributed by atoms with Crippen molar-refractivity contribution in [2.75, 3.05) is 4.90 Å². The van der Waals surface area contributed by atoms with Gasteiger partial charge in [-0.1, -0.05) is 158 Å². The number of rotatable bonds is 6. The van der Waals surface area contributed by atoms with Gasteiger partial charge in [0.25, 0.3) is 0 Å². The highest BCUT2D eigenvalue weighted by Crippen LogP contribution is 2.42. The van der Waals surface area contributed by atoms with Crippen molar-refractivity contribution < 1.29 is 0 Å². The van der Waals surface area contributed by atoms with Gasteiger partial charge in [-0.2, -0.15) is 0 Å². The van der Waals surface area contributed by atoms with E-state index in [2.05, 4.69) is 228 Å². The van der Waals surface area contributed by atoms with Crippen LogP contribution in [0.1, 0.15) is 0 Å². The average molecular weight is 713 g/mol. The van der Waals surface area contributed by atoms with E-state index in [4.69, 9.17) is 0 Å². The number of anilines is 3. The molecule has 0 amide bonds. The normalized spacial score (nSPS) is 11.6. The number of para-hydroxylation sites is 4. The lowest BCUT2D eigenvalue weighted by Gasteiger charge is -2.26. The molecule has 1 aromatic heterocycles. The Kier molecular flexibility index (Phi) is 7.53. The van der Waals surface area contributed by atoms with Crippen molar-refractivity contribution in [3.05, 3.63) is 218 Å². The van der Waals surface area contributed by atoms with Gasteiger partial charge in [0.15, 0.2) is 0 Å². The van der Waals surface area contributed by atoms with Gasteiger partial charge >= 0.3 is 0 Å². The van der Waals surface area contributed by atoms with E-state index in [1.165, 1.54) is 82.1 Å². The second-order valence-corrected chi connectivity index (χ2v) is 14.5. The minimum absolute atomic E-state index is 1.10. The summed E-state index contributed by atoms with van der Waals surface area (Å²) < 4.78 is 2.41. The van der Waals surface area contributed by atoms with Crippen molar-refractivity contribution in [2.24, 2.45) is 0 Å². The summed E-state index contributed by atoms with van der Waals surface area (Å²) >= 11 is 0. The number of nitrogens with zero attached hydrogens (tertiary/aromatic N) is 2. The third-order valence-electron chi connectivity index (χ3n) is 11.4. The van der Waals surface area contributed by atoms with Crippen LogP contribution in [0.15, 0.2) is 218 Å². The summed E-state index contributed by atoms with van der Waals surface area (Å²) in [6.45, 7) is 0. The molecular weight excluding hydrogens is 677 g/mol. The molecule has 0 aliphatic carbocycles. The van der Waals surface area contributed by atoms with Gasteiger partial charge < -0.3 is 9.47 Å². The van der Waals surface area contributed by atoms with Crippen LogP contribution >= 0.6 is 0 Å². The Morgan fingerprint density at radius 1 is 0.286 bits per heavy atom. The highest BCUT2D eigenvalue weighted by Gasteiger charge is 2.18. The highest BCUT2D eigenvalue weighted by atomic mass is 15.1. The maximum atomic E-state index is 2.41. The predicted octanol–water partition coefficient (Wildman–Crippen LogP) is 15.0. The lowest BCUT2D eigenvalue weighted by molar-refractivity contribution is 1.18. The molecule has 0 saturated heterocycles. The summed E-state index contributed by atoms with van der Waals surface area (Å²) in [5.41, 5.74) is 11.7. The van der Waals surface area contributed by atoms with Gasteiger partial charge in [-0.15, -0.1) is 0 Å². The molecule has 56 heavy (non-hydrogen) atoms. The number of hydrogen-bond acceptors (Lipinski definition) is 1. The van der Waals surface area contributed by atoms with E-state index in [1.54, 1.807) is 0 Å². The molecule has 0 aliphatic rings. The number of hydrogen-bond donors (Lipinski definition) is 0. The zero-order chi connectivity index (χ0) is 37.0. The molecule has 0 saturated carbocycles.